The molecule has 1 N–H and O–H groups in total. The van der Waals surface area contributed by atoms with Crippen LogP contribution in [0.15, 0.2) is 24.3 Å². The lowest BCUT2D eigenvalue weighted by molar-refractivity contribution is -0.131. The van der Waals surface area contributed by atoms with Crippen molar-refractivity contribution in [2.75, 3.05) is 45.9 Å². The molecule has 1 saturated heterocycles. The summed E-state index contributed by atoms with van der Waals surface area (Å²) in [6.45, 7) is 6.08. The van der Waals surface area contributed by atoms with Gasteiger partial charge in [0, 0.05) is 26.2 Å². The van der Waals surface area contributed by atoms with E-state index < -0.39 is 0 Å². The van der Waals surface area contributed by atoms with Crippen LogP contribution in [0.4, 0.5) is 0 Å². The molecule has 0 radical (unpaired) electrons. The van der Waals surface area contributed by atoms with Gasteiger partial charge in [-0.2, -0.15) is 0 Å². The molecular weight excluding hydrogens is 318 g/mol. The molecule has 25 heavy (non-hydrogen) atoms. The zero-order chi connectivity index (χ0) is 17.6. The fourth-order valence-electron chi connectivity index (χ4n) is 3.07. The second-order valence-electron chi connectivity index (χ2n) is 6.68. The van der Waals surface area contributed by atoms with Gasteiger partial charge in [-0.1, -0.05) is 12.1 Å². The molecule has 6 nitrogen and oxygen atoms in total. The Labute approximate surface area is 149 Å². The van der Waals surface area contributed by atoms with Gasteiger partial charge in [-0.25, -0.2) is 0 Å². The van der Waals surface area contributed by atoms with E-state index in [9.17, 15) is 9.59 Å². The summed E-state index contributed by atoms with van der Waals surface area (Å²) < 4.78 is 5.56. The van der Waals surface area contributed by atoms with E-state index in [-0.39, 0.29) is 11.8 Å². The van der Waals surface area contributed by atoms with Gasteiger partial charge in [0.05, 0.1) is 18.7 Å². The molecule has 1 aromatic carbocycles. The van der Waals surface area contributed by atoms with Crippen molar-refractivity contribution in [1.29, 1.82) is 0 Å². The third kappa shape index (κ3) is 4.72. The summed E-state index contributed by atoms with van der Waals surface area (Å²) in [4.78, 5) is 28.6. The lowest BCUT2D eigenvalue weighted by atomic mass is 10.1. The number of amides is 2. The van der Waals surface area contributed by atoms with Crippen LogP contribution in [0, 0.1) is 5.92 Å². The second kappa shape index (κ2) is 8.34. The average Bonchev–Trinajstić information content (AvgIpc) is 3.46. The maximum atomic E-state index is 12.8. The van der Waals surface area contributed by atoms with Gasteiger partial charge in [-0.05, 0) is 44.4 Å². The van der Waals surface area contributed by atoms with Gasteiger partial charge >= 0.3 is 0 Å². The molecule has 136 valence electrons. The van der Waals surface area contributed by atoms with Crippen molar-refractivity contribution in [3.63, 3.8) is 0 Å². The second-order valence-corrected chi connectivity index (χ2v) is 6.68. The molecule has 1 saturated carbocycles. The predicted molar refractivity (Wildman–Crippen MR) is 95.7 cm³/mol. The number of benzene rings is 1. The Balaban J connectivity index is 1.49. The number of rotatable bonds is 7. The monoisotopic (exact) mass is 345 g/mol. The summed E-state index contributed by atoms with van der Waals surface area (Å²) in [5, 5.41) is 3.24. The van der Waals surface area contributed by atoms with E-state index in [0.29, 0.717) is 50.6 Å². The molecule has 1 aliphatic heterocycles. The van der Waals surface area contributed by atoms with Gasteiger partial charge in [-0.3, -0.25) is 9.59 Å². The molecular formula is C19H27N3O3. The van der Waals surface area contributed by atoms with Gasteiger partial charge in [-0.15, -0.1) is 0 Å². The number of nitrogens with one attached hydrogen (secondary N) is 1. The number of hydrogen-bond acceptors (Lipinski definition) is 4. The van der Waals surface area contributed by atoms with Gasteiger partial charge < -0.3 is 19.9 Å². The Morgan fingerprint density at radius 2 is 1.80 bits per heavy atom. The zero-order valence-electron chi connectivity index (χ0n) is 14.9. The van der Waals surface area contributed by atoms with Crippen LogP contribution in [-0.4, -0.2) is 67.5 Å². The van der Waals surface area contributed by atoms with Crippen LogP contribution in [0.5, 0.6) is 5.75 Å². The molecule has 1 heterocycles. The summed E-state index contributed by atoms with van der Waals surface area (Å²) in [6, 6.07) is 7.34. The van der Waals surface area contributed by atoms with Gasteiger partial charge in [0.15, 0.2) is 0 Å². The molecule has 0 atom stereocenters. The summed E-state index contributed by atoms with van der Waals surface area (Å²) in [5.74, 6) is 1.50. The lowest BCUT2D eigenvalue weighted by Gasteiger charge is -2.35. The van der Waals surface area contributed by atoms with Crippen LogP contribution in [-0.2, 0) is 4.79 Å². The average molecular weight is 345 g/mol. The highest BCUT2D eigenvalue weighted by atomic mass is 16.5. The van der Waals surface area contributed by atoms with Crippen molar-refractivity contribution in [2.24, 2.45) is 5.92 Å². The van der Waals surface area contributed by atoms with Crippen LogP contribution < -0.4 is 10.1 Å². The molecule has 3 rings (SSSR count). The molecule has 2 fully saturated rings. The van der Waals surface area contributed by atoms with Crippen LogP contribution >= 0.6 is 0 Å². The quantitative estimate of drug-likeness (QED) is 0.811. The summed E-state index contributed by atoms with van der Waals surface area (Å²) in [6.07, 6.45) is 2.57. The molecule has 1 aromatic rings. The largest absolute Gasteiger partial charge is 0.493 e. The minimum Gasteiger partial charge on any atom is -0.493 e. The summed E-state index contributed by atoms with van der Waals surface area (Å²) >= 11 is 0. The first-order chi connectivity index (χ1) is 12.2. The highest BCUT2D eigenvalue weighted by molar-refractivity contribution is 5.97. The van der Waals surface area contributed by atoms with E-state index in [1.165, 1.54) is 12.8 Å². The van der Waals surface area contributed by atoms with Crippen molar-refractivity contribution in [3.05, 3.63) is 29.8 Å². The molecule has 0 spiro atoms. The van der Waals surface area contributed by atoms with E-state index in [2.05, 4.69) is 5.32 Å². The highest BCUT2D eigenvalue weighted by Crippen LogP contribution is 2.27. The lowest BCUT2D eigenvalue weighted by Crippen LogP contribution is -2.52. The number of carbonyl (C=O) groups excluding carboxylic acids is 2. The van der Waals surface area contributed by atoms with Gasteiger partial charge in [0.2, 0.25) is 5.91 Å². The minimum atomic E-state index is -0.0250. The molecule has 2 amide bonds. The van der Waals surface area contributed by atoms with E-state index in [1.807, 2.05) is 30.0 Å². The van der Waals surface area contributed by atoms with E-state index in [0.717, 1.165) is 12.5 Å². The van der Waals surface area contributed by atoms with E-state index in [4.69, 9.17) is 4.74 Å². The number of nitrogens with zero attached hydrogens (tertiary/aromatic N) is 2. The number of para-hydroxylation sites is 1. The third-order valence-electron chi connectivity index (χ3n) is 4.74. The fraction of sp³-hybridized carbons (Fsp3) is 0.579. The first-order valence-electron chi connectivity index (χ1n) is 9.18. The number of ether oxygens (including phenoxy) is 1. The maximum absolute atomic E-state index is 12.8. The standard InChI is InChI=1S/C19H27N3O3/c1-2-25-17-6-4-3-5-16(17)19(24)22-11-9-21(10-12-22)18(23)14-20-13-15-7-8-15/h3-6,15,20H,2,7-14H2,1H3. The number of hydrogen-bond donors (Lipinski definition) is 1. The molecule has 0 unspecified atom stereocenters. The minimum absolute atomic E-state index is 0.0250. The normalized spacial score (nSPS) is 17.5. The number of carbonyl (C=O) groups is 2. The van der Waals surface area contributed by atoms with Crippen molar-refractivity contribution >= 4 is 11.8 Å². The smallest absolute Gasteiger partial charge is 0.257 e. The highest BCUT2D eigenvalue weighted by Gasteiger charge is 2.26. The van der Waals surface area contributed by atoms with Gasteiger partial charge in [0.1, 0.15) is 5.75 Å². The first-order valence-corrected chi connectivity index (χ1v) is 9.18. The Kier molecular flexibility index (Phi) is 5.91. The summed E-state index contributed by atoms with van der Waals surface area (Å²) in [7, 11) is 0. The SMILES string of the molecule is CCOc1ccccc1C(=O)N1CCN(C(=O)CNCC2CC2)CC1. The van der Waals surface area contributed by atoms with Crippen LogP contribution in [0.1, 0.15) is 30.1 Å². The van der Waals surface area contributed by atoms with E-state index >= 15 is 0 Å². The topological polar surface area (TPSA) is 61.9 Å². The number of piperazine rings is 1. The zero-order valence-corrected chi connectivity index (χ0v) is 14.9. The Morgan fingerprint density at radius 1 is 1.12 bits per heavy atom. The fourth-order valence-corrected chi connectivity index (χ4v) is 3.07. The van der Waals surface area contributed by atoms with Crippen LogP contribution in [0.25, 0.3) is 0 Å². The third-order valence-corrected chi connectivity index (χ3v) is 4.74. The molecule has 0 bridgehead atoms. The van der Waals surface area contributed by atoms with Crippen molar-refractivity contribution in [3.8, 4) is 5.75 Å². The first kappa shape index (κ1) is 17.7. The van der Waals surface area contributed by atoms with E-state index in [1.54, 1.807) is 11.0 Å². The Bertz CT molecular complexity index is 608. The molecule has 0 aromatic heterocycles. The van der Waals surface area contributed by atoms with Crippen LogP contribution in [0.3, 0.4) is 0 Å². The Morgan fingerprint density at radius 3 is 2.48 bits per heavy atom. The maximum Gasteiger partial charge on any atom is 0.257 e. The molecule has 6 heteroatoms. The summed E-state index contributed by atoms with van der Waals surface area (Å²) in [5.41, 5.74) is 0.593. The molecule has 2 aliphatic rings. The Hall–Kier alpha value is -2.08. The van der Waals surface area contributed by atoms with Crippen LogP contribution in [0.2, 0.25) is 0 Å². The van der Waals surface area contributed by atoms with Crippen molar-refractivity contribution < 1.29 is 14.3 Å². The molecule has 1 aliphatic carbocycles. The van der Waals surface area contributed by atoms with Crippen molar-refractivity contribution in [2.45, 2.75) is 19.8 Å². The predicted octanol–water partition coefficient (Wildman–Crippen LogP) is 1.37. The van der Waals surface area contributed by atoms with Gasteiger partial charge in [0.25, 0.3) is 5.91 Å². The van der Waals surface area contributed by atoms with Crippen molar-refractivity contribution in [1.82, 2.24) is 15.1 Å².